The van der Waals surface area contributed by atoms with E-state index < -0.39 is 0 Å². The molecule has 1 aromatic rings. The van der Waals surface area contributed by atoms with E-state index >= 15 is 0 Å². The molecule has 1 N–H and O–H groups in total. The molecule has 4 heteroatoms. The average Bonchev–Trinajstić information content (AvgIpc) is 2.72. The monoisotopic (exact) mass is 248 g/mol. The van der Waals surface area contributed by atoms with Gasteiger partial charge in [0, 0.05) is 19.6 Å². The maximum atomic E-state index is 11.9. The van der Waals surface area contributed by atoms with Gasteiger partial charge in [0.1, 0.15) is 6.23 Å². The van der Waals surface area contributed by atoms with E-state index in [0.29, 0.717) is 6.61 Å². The molecule has 4 nitrogen and oxygen atoms in total. The fourth-order valence-corrected chi connectivity index (χ4v) is 2.30. The first-order valence-electron chi connectivity index (χ1n) is 6.37. The minimum absolute atomic E-state index is 0.0619. The van der Waals surface area contributed by atoms with Crippen LogP contribution in [-0.2, 0) is 16.1 Å². The SMILES string of the molecule is CCOC1CC(N(C)Cc2ccccc2)C(=O)N1. The average molecular weight is 248 g/mol. The van der Waals surface area contributed by atoms with Gasteiger partial charge in [0.2, 0.25) is 5.91 Å². The van der Waals surface area contributed by atoms with Crippen LogP contribution in [0, 0.1) is 0 Å². The van der Waals surface area contributed by atoms with E-state index in [9.17, 15) is 4.79 Å². The third kappa shape index (κ3) is 3.09. The molecule has 0 aromatic heterocycles. The van der Waals surface area contributed by atoms with Gasteiger partial charge in [-0.1, -0.05) is 30.3 Å². The summed E-state index contributed by atoms with van der Waals surface area (Å²) in [5.74, 6) is 0.0619. The van der Waals surface area contributed by atoms with Crippen LogP contribution < -0.4 is 5.32 Å². The van der Waals surface area contributed by atoms with Crippen molar-refractivity contribution < 1.29 is 9.53 Å². The molecule has 1 fully saturated rings. The maximum Gasteiger partial charge on any atom is 0.239 e. The number of nitrogens with one attached hydrogen (secondary N) is 1. The standard InChI is InChI=1S/C14H20N2O2/c1-3-18-13-9-12(14(17)15-13)16(2)10-11-7-5-4-6-8-11/h4-8,12-13H,3,9-10H2,1-2H3,(H,15,17). The van der Waals surface area contributed by atoms with Crippen LogP contribution in [0.3, 0.4) is 0 Å². The minimum Gasteiger partial charge on any atom is -0.359 e. The lowest BCUT2D eigenvalue weighted by Crippen LogP contribution is -2.37. The van der Waals surface area contributed by atoms with Crippen LogP contribution in [0.2, 0.25) is 0 Å². The first-order chi connectivity index (χ1) is 8.70. The summed E-state index contributed by atoms with van der Waals surface area (Å²) < 4.78 is 5.45. The second-order valence-corrected chi connectivity index (χ2v) is 4.60. The number of ether oxygens (including phenoxy) is 1. The molecule has 0 saturated carbocycles. The predicted molar refractivity (Wildman–Crippen MR) is 69.9 cm³/mol. The van der Waals surface area contributed by atoms with E-state index in [1.807, 2.05) is 32.2 Å². The molecule has 0 bridgehead atoms. The predicted octanol–water partition coefficient (Wildman–Crippen LogP) is 1.37. The molecule has 0 spiro atoms. The van der Waals surface area contributed by atoms with Gasteiger partial charge in [-0.25, -0.2) is 0 Å². The number of benzene rings is 1. The van der Waals surface area contributed by atoms with Crippen LogP contribution in [0.5, 0.6) is 0 Å². The van der Waals surface area contributed by atoms with Gasteiger partial charge in [0.05, 0.1) is 6.04 Å². The second kappa shape index (κ2) is 5.98. The zero-order valence-corrected chi connectivity index (χ0v) is 10.9. The molecule has 2 unspecified atom stereocenters. The van der Waals surface area contributed by atoms with Crippen molar-refractivity contribution in [3.05, 3.63) is 35.9 Å². The summed E-state index contributed by atoms with van der Waals surface area (Å²) in [5, 5.41) is 2.87. The summed E-state index contributed by atoms with van der Waals surface area (Å²) >= 11 is 0. The Morgan fingerprint density at radius 3 is 2.78 bits per heavy atom. The molecule has 1 amide bonds. The Balaban J connectivity index is 1.93. The number of rotatable bonds is 5. The topological polar surface area (TPSA) is 41.6 Å². The molecule has 1 aliphatic rings. The second-order valence-electron chi connectivity index (χ2n) is 4.60. The van der Waals surface area contributed by atoms with E-state index in [1.54, 1.807) is 0 Å². The van der Waals surface area contributed by atoms with Crippen molar-refractivity contribution in [2.75, 3.05) is 13.7 Å². The zero-order valence-electron chi connectivity index (χ0n) is 10.9. The van der Waals surface area contributed by atoms with Gasteiger partial charge in [0.25, 0.3) is 0 Å². The van der Waals surface area contributed by atoms with Crippen LogP contribution >= 0.6 is 0 Å². The molecule has 2 rings (SSSR count). The van der Waals surface area contributed by atoms with Gasteiger partial charge in [0.15, 0.2) is 0 Å². The highest BCUT2D eigenvalue weighted by Crippen LogP contribution is 2.16. The highest BCUT2D eigenvalue weighted by atomic mass is 16.5. The number of hydrogen-bond acceptors (Lipinski definition) is 3. The minimum atomic E-state index is -0.134. The van der Waals surface area contributed by atoms with Gasteiger partial charge in [-0.15, -0.1) is 0 Å². The molecular formula is C14H20N2O2. The zero-order chi connectivity index (χ0) is 13.0. The quantitative estimate of drug-likeness (QED) is 0.855. The van der Waals surface area contributed by atoms with Crippen molar-refractivity contribution in [3.63, 3.8) is 0 Å². The molecule has 18 heavy (non-hydrogen) atoms. The number of carbonyl (C=O) groups excluding carboxylic acids is 1. The van der Waals surface area contributed by atoms with Gasteiger partial charge >= 0.3 is 0 Å². The molecule has 1 aromatic carbocycles. The normalized spacial score (nSPS) is 23.4. The summed E-state index contributed by atoms with van der Waals surface area (Å²) in [6, 6.07) is 10.1. The summed E-state index contributed by atoms with van der Waals surface area (Å²) in [7, 11) is 1.98. The summed E-state index contributed by atoms with van der Waals surface area (Å²) in [6.07, 6.45) is 0.585. The van der Waals surface area contributed by atoms with Crippen LogP contribution in [0.1, 0.15) is 18.9 Å². The Hall–Kier alpha value is -1.39. The van der Waals surface area contributed by atoms with Crippen LogP contribution in [0.25, 0.3) is 0 Å². The van der Waals surface area contributed by atoms with Crippen molar-refractivity contribution in [2.45, 2.75) is 32.2 Å². The Morgan fingerprint density at radius 2 is 2.11 bits per heavy atom. The Morgan fingerprint density at radius 1 is 1.39 bits per heavy atom. The van der Waals surface area contributed by atoms with E-state index in [0.717, 1.165) is 13.0 Å². The van der Waals surface area contributed by atoms with Crippen molar-refractivity contribution in [1.29, 1.82) is 0 Å². The lowest BCUT2D eigenvalue weighted by Gasteiger charge is -2.21. The molecule has 1 saturated heterocycles. The van der Waals surface area contributed by atoms with Gasteiger partial charge in [-0.3, -0.25) is 9.69 Å². The van der Waals surface area contributed by atoms with Crippen molar-refractivity contribution in [1.82, 2.24) is 10.2 Å². The number of amides is 1. The van der Waals surface area contributed by atoms with Crippen LogP contribution in [0.4, 0.5) is 0 Å². The Labute approximate surface area is 108 Å². The van der Waals surface area contributed by atoms with E-state index in [1.165, 1.54) is 5.56 Å². The molecule has 1 aliphatic heterocycles. The largest absolute Gasteiger partial charge is 0.359 e. The molecule has 1 heterocycles. The summed E-state index contributed by atoms with van der Waals surface area (Å²) in [5.41, 5.74) is 1.22. The third-order valence-electron chi connectivity index (χ3n) is 3.22. The molecule has 0 aliphatic carbocycles. The molecule has 98 valence electrons. The smallest absolute Gasteiger partial charge is 0.239 e. The van der Waals surface area contributed by atoms with E-state index in [-0.39, 0.29) is 18.2 Å². The maximum absolute atomic E-state index is 11.9. The van der Waals surface area contributed by atoms with Gasteiger partial charge in [-0.2, -0.15) is 0 Å². The van der Waals surface area contributed by atoms with Gasteiger partial charge in [-0.05, 0) is 19.5 Å². The van der Waals surface area contributed by atoms with Crippen LogP contribution in [-0.4, -0.2) is 36.7 Å². The Kier molecular flexibility index (Phi) is 4.33. The van der Waals surface area contributed by atoms with Crippen molar-refractivity contribution in [3.8, 4) is 0 Å². The highest BCUT2D eigenvalue weighted by molar-refractivity contribution is 5.84. The summed E-state index contributed by atoms with van der Waals surface area (Å²) in [6.45, 7) is 3.34. The van der Waals surface area contributed by atoms with Crippen molar-refractivity contribution >= 4 is 5.91 Å². The number of hydrogen-bond donors (Lipinski definition) is 1. The lowest BCUT2D eigenvalue weighted by atomic mass is 10.1. The lowest BCUT2D eigenvalue weighted by molar-refractivity contribution is -0.124. The van der Waals surface area contributed by atoms with Crippen molar-refractivity contribution in [2.24, 2.45) is 0 Å². The van der Waals surface area contributed by atoms with E-state index in [4.69, 9.17) is 4.74 Å². The first kappa shape index (κ1) is 13.1. The van der Waals surface area contributed by atoms with Crippen LogP contribution in [0.15, 0.2) is 30.3 Å². The molecule has 0 radical (unpaired) electrons. The Bertz CT molecular complexity index is 394. The number of carbonyl (C=O) groups is 1. The third-order valence-corrected chi connectivity index (χ3v) is 3.22. The van der Waals surface area contributed by atoms with Gasteiger partial charge < -0.3 is 10.1 Å². The number of likely N-dealkylation sites (N-methyl/N-ethyl adjacent to an activating group) is 1. The fourth-order valence-electron chi connectivity index (χ4n) is 2.30. The van der Waals surface area contributed by atoms with E-state index in [2.05, 4.69) is 22.3 Å². The molecular weight excluding hydrogens is 228 g/mol. The fraction of sp³-hybridized carbons (Fsp3) is 0.500. The first-order valence-corrected chi connectivity index (χ1v) is 6.37. The molecule has 2 atom stereocenters. The summed E-state index contributed by atoms with van der Waals surface area (Å²) in [4.78, 5) is 13.9. The number of nitrogens with zero attached hydrogens (tertiary/aromatic N) is 1. The highest BCUT2D eigenvalue weighted by Gasteiger charge is 2.34.